The predicted octanol–water partition coefficient (Wildman–Crippen LogP) is 4.72. The summed E-state index contributed by atoms with van der Waals surface area (Å²) in [5.41, 5.74) is 3.15. The summed E-state index contributed by atoms with van der Waals surface area (Å²) in [6.07, 6.45) is 0.624. The fraction of sp³-hybridized carbons (Fsp3) is 0.409. The SMILES string of the molecule is CC1(C)C(=O)C[C@@]2(C)c3ccccc3N(Cc3ccccc3)C12C. The average molecular weight is 319 g/mol. The van der Waals surface area contributed by atoms with Crippen LogP contribution in [0.4, 0.5) is 5.69 Å². The average Bonchev–Trinajstić information content (AvgIpc) is 2.84. The molecule has 4 rings (SSSR count). The lowest BCUT2D eigenvalue weighted by molar-refractivity contribution is -0.125. The van der Waals surface area contributed by atoms with Crippen molar-refractivity contribution in [1.82, 2.24) is 0 Å². The maximum atomic E-state index is 12.9. The molecule has 1 heterocycles. The molecule has 2 aromatic carbocycles. The molecule has 2 nitrogen and oxygen atoms in total. The van der Waals surface area contributed by atoms with E-state index in [0.717, 1.165) is 6.54 Å². The molecule has 1 unspecified atom stereocenters. The first-order valence-corrected chi connectivity index (χ1v) is 8.77. The second kappa shape index (κ2) is 4.72. The van der Waals surface area contributed by atoms with Crippen LogP contribution in [0, 0.1) is 5.41 Å². The maximum Gasteiger partial charge on any atom is 0.141 e. The molecule has 0 N–H and O–H groups in total. The molecular weight excluding hydrogens is 294 g/mol. The van der Waals surface area contributed by atoms with Gasteiger partial charge < -0.3 is 4.90 Å². The molecule has 2 aliphatic rings. The van der Waals surface area contributed by atoms with Crippen LogP contribution in [-0.2, 0) is 16.8 Å². The van der Waals surface area contributed by atoms with Crippen molar-refractivity contribution in [3.05, 3.63) is 65.7 Å². The van der Waals surface area contributed by atoms with Crippen LogP contribution >= 0.6 is 0 Å². The van der Waals surface area contributed by atoms with Gasteiger partial charge in [-0.15, -0.1) is 0 Å². The van der Waals surface area contributed by atoms with Crippen molar-refractivity contribution in [3.63, 3.8) is 0 Å². The number of carbonyl (C=O) groups is 1. The zero-order valence-corrected chi connectivity index (χ0v) is 15.0. The number of anilines is 1. The van der Waals surface area contributed by atoms with E-state index < -0.39 is 0 Å². The molecule has 0 spiro atoms. The minimum Gasteiger partial charge on any atom is -0.360 e. The summed E-state index contributed by atoms with van der Waals surface area (Å²) >= 11 is 0. The van der Waals surface area contributed by atoms with Gasteiger partial charge in [0.25, 0.3) is 0 Å². The summed E-state index contributed by atoms with van der Waals surface area (Å²) in [5.74, 6) is 0.375. The van der Waals surface area contributed by atoms with Gasteiger partial charge in [0.2, 0.25) is 0 Å². The second-order valence-electron chi connectivity index (χ2n) is 8.22. The fourth-order valence-corrected chi connectivity index (χ4v) is 5.09. The highest BCUT2D eigenvalue weighted by atomic mass is 16.1. The van der Waals surface area contributed by atoms with E-state index in [1.165, 1.54) is 16.8 Å². The van der Waals surface area contributed by atoms with E-state index in [1.807, 2.05) is 0 Å². The molecule has 1 aliphatic carbocycles. The second-order valence-corrected chi connectivity index (χ2v) is 8.22. The number of nitrogens with zero attached hydrogens (tertiary/aromatic N) is 1. The number of hydrogen-bond acceptors (Lipinski definition) is 2. The lowest BCUT2D eigenvalue weighted by Gasteiger charge is -2.49. The van der Waals surface area contributed by atoms with Crippen molar-refractivity contribution in [2.75, 3.05) is 4.90 Å². The Morgan fingerprint density at radius 2 is 1.54 bits per heavy atom. The highest BCUT2D eigenvalue weighted by Crippen LogP contribution is 2.65. The Morgan fingerprint density at radius 3 is 2.25 bits per heavy atom. The summed E-state index contributed by atoms with van der Waals surface area (Å²) in [5, 5.41) is 0. The molecule has 2 atom stereocenters. The van der Waals surface area contributed by atoms with Crippen molar-refractivity contribution in [3.8, 4) is 0 Å². The molecule has 124 valence electrons. The fourth-order valence-electron chi connectivity index (χ4n) is 5.09. The van der Waals surface area contributed by atoms with Crippen LogP contribution < -0.4 is 4.90 Å². The smallest absolute Gasteiger partial charge is 0.141 e. The molecule has 0 amide bonds. The van der Waals surface area contributed by atoms with Gasteiger partial charge in [-0.1, -0.05) is 69.3 Å². The lowest BCUT2D eigenvalue weighted by Crippen LogP contribution is -2.59. The summed E-state index contributed by atoms with van der Waals surface area (Å²) in [7, 11) is 0. The molecule has 2 aromatic rings. The zero-order chi connectivity index (χ0) is 17.2. The summed E-state index contributed by atoms with van der Waals surface area (Å²) < 4.78 is 0. The standard InChI is InChI=1S/C22H25NO/c1-20(2)19(24)14-21(3)17-12-8-9-13-18(17)23(22(20,21)4)15-16-10-6-5-7-11-16/h5-13H,14-15H2,1-4H3/t21-,22?/m0/s1. The first-order valence-electron chi connectivity index (χ1n) is 8.77. The largest absolute Gasteiger partial charge is 0.360 e. The number of para-hydroxylation sites is 1. The highest BCUT2D eigenvalue weighted by Gasteiger charge is 2.70. The van der Waals surface area contributed by atoms with E-state index in [0.29, 0.717) is 12.2 Å². The Balaban J connectivity index is 1.92. The van der Waals surface area contributed by atoms with Gasteiger partial charge in [-0.05, 0) is 24.1 Å². The quantitative estimate of drug-likeness (QED) is 0.798. The van der Waals surface area contributed by atoms with E-state index in [-0.39, 0.29) is 16.4 Å². The lowest BCUT2D eigenvalue weighted by atomic mass is 9.64. The van der Waals surface area contributed by atoms with Gasteiger partial charge in [0.15, 0.2) is 0 Å². The Hall–Kier alpha value is -2.09. The third-order valence-corrected chi connectivity index (χ3v) is 7.02. The number of hydrogen-bond donors (Lipinski definition) is 0. The van der Waals surface area contributed by atoms with Crippen molar-refractivity contribution in [2.45, 2.75) is 51.6 Å². The number of fused-ring (bicyclic) bond motifs is 3. The molecule has 1 saturated carbocycles. The Labute approximate surface area is 144 Å². The number of Topliss-reactive ketones (excluding diaryl/α,β-unsaturated/α-hetero) is 1. The number of benzene rings is 2. The molecule has 24 heavy (non-hydrogen) atoms. The normalized spacial score (nSPS) is 30.3. The van der Waals surface area contributed by atoms with E-state index in [2.05, 4.69) is 87.2 Å². The van der Waals surface area contributed by atoms with Gasteiger partial charge in [-0.2, -0.15) is 0 Å². The van der Waals surface area contributed by atoms with Crippen LogP contribution in [0.25, 0.3) is 0 Å². The van der Waals surface area contributed by atoms with Crippen molar-refractivity contribution >= 4 is 11.5 Å². The van der Waals surface area contributed by atoms with E-state index >= 15 is 0 Å². The molecule has 1 aliphatic heterocycles. The van der Waals surface area contributed by atoms with Crippen LogP contribution in [0.1, 0.15) is 45.2 Å². The molecule has 0 bridgehead atoms. The van der Waals surface area contributed by atoms with Crippen LogP contribution in [0.5, 0.6) is 0 Å². The van der Waals surface area contributed by atoms with Crippen LogP contribution in [0.15, 0.2) is 54.6 Å². The number of rotatable bonds is 2. The summed E-state index contributed by atoms with van der Waals surface area (Å²) in [4.78, 5) is 15.4. The first kappa shape index (κ1) is 15.4. The van der Waals surface area contributed by atoms with Crippen LogP contribution in [0.3, 0.4) is 0 Å². The molecule has 0 radical (unpaired) electrons. The van der Waals surface area contributed by atoms with Gasteiger partial charge >= 0.3 is 0 Å². The van der Waals surface area contributed by atoms with Gasteiger partial charge in [-0.3, -0.25) is 4.79 Å². The Morgan fingerprint density at radius 1 is 0.917 bits per heavy atom. The minimum atomic E-state index is -0.379. The van der Waals surface area contributed by atoms with Crippen LogP contribution in [-0.4, -0.2) is 11.3 Å². The number of ketones is 1. The third-order valence-electron chi connectivity index (χ3n) is 7.02. The first-order chi connectivity index (χ1) is 11.3. The molecular formula is C22H25NO. The highest BCUT2D eigenvalue weighted by molar-refractivity contribution is 5.94. The monoisotopic (exact) mass is 319 g/mol. The third kappa shape index (κ3) is 1.64. The van der Waals surface area contributed by atoms with Crippen molar-refractivity contribution in [1.29, 1.82) is 0 Å². The van der Waals surface area contributed by atoms with Crippen molar-refractivity contribution < 1.29 is 4.79 Å². The van der Waals surface area contributed by atoms with Gasteiger partial charge in [0.1, 0.15) is 5.78 Å². The van der Waals surface area contributed by atoms with Crippen molar-refractivity contribution in [2.24, 2.45) is 5.41 Å². The summed E-state index contributed by atoms with van der Waals surface area (Å²) in [6.45, 7) is 9.67. The Kier molecular flexibility index (Phi) is 3.04. The maximum absolute atomic E-state index is 12.9. The van der Waals surface area contributed by atoms with Gasteiger partial charge in [-0.25, -0.2) is 0 Å². The van der Waals surface area contributed by atoms with Crippen LogP contribution in [0.2, 0.25) is 0 Å². The van der Waals surface area contributed by atoms with E-state index in [4.69, 9.17) is 0 Å². The molecule has 0 saturated heterocycles. The minimum absolute atomic E-state index is 0.140. The van der Waals surface area contributed by atoms with E-state index in [9.17, 15) is 4.79 Å². The number of carbonyl (C=O) groups excluding carboxylic acids is 1. The van der Waals surface area contributed by atoms with Gasteiger partial charge in [0, 0.05) is 29.5 Å². The van der Waals surface area contributed by atoms with Gasteiger partial charge in [0.05, 0.1) is 5.54 Å². The summed E-state index contributed by atoms with van der Waals surface area (Å²) in [6, 6.07) is 19.2. The molecule has 1 fully saturated rings. The Bertz CT molecular complexity index is 810. The molecule has 0 aromatic heterocycles. The molecule has 2 heteroatoms. The topological polar surface area (TPSA) is 20.3 Å². The predicted molar refractivity (Wildman–Crippen MR) is 98.2 cm³/mol. The zero-order valence-electron chi connectivity index (χ0n) is 15.0. The van der Waals surface area contributed by atoms with E-state index in [1.54, 1.807) is 0 Å².